The molecule has 0 saturated carbocycles. The van der Waals surface area contributed by atoms with E-state index < -0.39 is 20.6 Å². The predicted octanol–water partition coefficient (Wildman–Crippen LogP) is 5.40. The van der Waals surface area contributed by atoms with Crippen LogP contribution in [-0.4, -0.2) is 37.9 Å². The summed E-state index contributed by atoms with van der Waals surface area (Å²) in [6.07, 6.45) is 6.27. The van der Waals surface area contributed by atoms with Crippen molar-refractivity contribution in [3.8, 4) is 11.1 Å². The Morgan fingerprint density at radius 2 is 1.81 bits per heavy atom. The van der Waals surface area contributed by atoms with E-state index in [4.69, 9.17) is 11.6 Å². The van der Waals surface area contributed by atoms with Crippen LogP contribution in [-0.2, 0) is 17.1 Å². The van der Waals surface area contributed by atoms with Gasteiger partial charge in [-0.3, -0.25) is 9.40 Å². The Kier molecular flexibility index (Phi) is 7.07. The van der Waals surface area contributed by atoms with E-state index in [1.807, 2.05) is 6.92 Å². The lowest BCUT2D eigenvalue weighted by Crippen LogP contribution is -2.33. The molecule has 0 radical (unpaired) electrons. The van der Waals surface area contributed by atoms with Crippen molar-refractivity contribution in [1.82, 2.24) is 24.7 Å². The van der Waals surface area contributed by atoms with E-state index in [1.54, 1.807) is 69.3 Å². The van der Waals surface area contributed by atoms with Gasteiger partial charge < -0.3 is 10.6 Å². The highest BCUT2D eigenvalue weighted by atomic mass is 35.5. The Hall–Kier alpha value is -3.77. The number of benzene rings is 1. The van der Waals surface area contributed by atoms with Crippen molar-refractivity contribution in [2.24, 2.45) is 7.05 Å². The number of sulfonamides is 1. The second-order valence-electron chi connectivity index (χ2n) is 9.34. The number of hydrogen-bond acceptors (Lipinski definition) is 8. The number of nitrogens with zero attached hydrogens (tertiary/aromatic N) is 5. The lowest BCUT2D eigenvalue weighted by molar-refractivity contribution is 0.566. The molecule has 10 nitrogen and oxygen atoms in total. The molecule has 0 aliphatic carbocycles. The van der Waals surface area contributed by atoms with Crippen LogP contribution in [0.2, 0.25) is 5.02 Å². The maximum Gasteiger partial charge on any atom is 0.237 e. The van der Waals surface area contributed by atoms with Crippen molar-refractivity contribution in [2.75, 3.05) is 15.4 Å². The van der Waals surface area contributed by atoms with Gasteiger partial charge in [-0.05, 0) is 45.9 Å². The zero-order chi connectivity index (χ0) is 27.0. The molecule has 0 bridgehead atoms. The number of hydrogen-bond donors (Lipinski definition) is 3. The highest BCUT2D eigenvalue weighted by Gasteiger charge is 2.29. The third-order valence-electron chi connectivity index (χ3n) is 5.36. The van der Waals surface area contributed by atoms with E-state index in [9.17, 15) is 12.8 Å². The molecule has 194 valence electrons. The number of anilines is 5. The maximum atomic E-state index is 14.7. The van der Waals surface area contributed by atoms with Gasteiger partial charge in [-0.15, -0.1) is 0 Å². The fraction of sp³-hybridized carbons (Fsp3) is 0.250. The first-order chi connectivity index (χ1) is 17.3. The van der Waals surface area contributed by atoms with Crippen LogP contribution in [0.1, 0.15) is 26.3 Å². The first-order valence-corrected chi connectivity index (χ1v) is 13.0. The summed E-state index contributed by atoms with van der Waals surface area (Å²) in [5.41, 5.74) is 2.45. The monoisotopic (exact) mass is 544 g/mol. The summed E-state index contributed by atoms with van der Waals surface area (Å²) in [5.74, 6) is 0.404. The molecule has 0 aliphatic heterocycles. The van der Waals surface area contributed by atoms with Crippen LogP contribution in [0.25, 0.3) is 11.1 Å². The Labute approximate surface area is 219 Å². The van der Waals surface area contributed by atoms with E-state index in [0.29, 0.717) is 22.6 Å². The summed E-state index contributed by atoms with van der Waals surface area (Å²) in [4.78, 5) is 13.0. The molecule has 0 saturated heterocycles. The van der Waals surface area contributed by atoms with E-state index >= 15 is 0 Å². The summed E-state index contributed by atoms with van der Waals surface area (Å²) in [6, 6.07) is 6.11. The topological polar surface area (TPSA) is 127 Å². The van der Waals surface area contributed by atoms with Crippen LogP contribution in [0, 0.1) is 12.7 Å². The van der Waals surface area contributed by atoms with Gasteiger partial charge in [0.05, 0.1) is 21.7 Å². The van der Waals surface area contributed by atoms with Crippen molar-refractivity contribution in [3.63, 3.8) is 0 Å². The van der Waals surface area contributed by atoms with Gasteiger partial charge >= 0.3 is 0 Å². The molecular formula is C24H26ClFN8O2S. The summed E-state index contributed by atoms with van der Waals surface area (Å²) >= 11 is 6.23. The molecule has 13 heteroatoms. The number of aryl methyl sites for hydroxylation is 2. The van der Waals surface area contributed by atoms with Crippen molar-refractivity contribution in [1.29, 1.82) is 0 Å². The summed E-state index contributed by atoms with van der Waals surface area (Å²) in [7, 11) is -1.93. The van der Waals surface area contributed by atoms with Crippen molar-refractivity contribution >= 4 is 50.6 Å². The van der Waals surface area contributed by atoms with Gasteiger partial charge in [-0.1, -0.05) is 11.6 Å². The summed E-state index contributed by atoms with van der Waals surface area (Å²) in [5, 5.41) is 10.4. The minimum Gasteiger partial charge on any atom is -0.340 e. The van der Waals surface area contributed by atoms with Crippen LogP contribution in [0.4, 0.5) is 33.3 Å². The first kappa shape index (κ1) is 26.3. The zero-order valence-corrected chi connectivity index (χ0v) is 22.4. The minimum absolute atomic E-state index is 0.191. The third kappa shape index (κ3) is 5.97. The molecule has 0 aliphatic rings. The van der Waals surface area contributed by atoms with E-state index in [0.717, 1.165) is 5.56 Å². The minimum atomic E-state index is -3.68. The summed E-state index contributed by atoms with van der Waals surface area (Å²) in [6.45, 7) is 6.59. The van der Waals surface area contributed by atoms with Crippen LogP contribution in [0.3, 0.4) is 0 Å². The van der Waals surface area contributed by atoms with Gasteiger partial charge in [0.25, 0.3) is 0 Å². The predicted molar refractivity (Wildman–Crippen MR) is 143 cm³/mol. The highest BCUT2D eigenvalue weighted by molar-refractivity contribution is 7.94. The molecule has 0 fully saturated rings. The van der Waals surface area contributed by atoms with Gasteiger partial charge in [0.15, 0.2) is 0 Å². The first-order valence-electron chi connectivity index (χ1n) is 11.2. The molecular weight excluding hydrogens is 519 g/mol. The smallest absolute Gasteiger partial charge is 0.237 e. The molecule has 0 amide bonds. The molecule has 3 N–H and O–H groups in total. The molecule has 0 atom stereocenters. The van der Waals surface area contributed by atoms with Gasteiger partial charge in [0.2, 0.25) is 16.0 Å². The quantitative estimate of drug-likeness (QED) is 0.282. The van der Waals surface area contributed by atoms with Crippen LogP contribution >= 0.6 is 11.6 Å². The SMILES string of the molecule is Cc1cnc(Nc2cc(F)c(-c3cnn(C)c3)cn2)nc1Nc1ccc(Cl)c(NS(=O)(=O)C(C)(C)C)c1. The largest absolute Gasteiger partial charge is 0.340 e. The lowest BCUT2D eigenvalue weighted by atomic mass is 10.1. The second kappa shape index (κ2) is 9.94. The highest BCUT2D eigenvalue weighted by Crippen LogP contribution is 2.31. The fourth-order valence-electron chi connectivity index (χ4n) is 3.13. The van der Waals surface area contributed by atoms with E-state index in [1.165, 1.54) is 12.3 Å². The zero-order valence-electron chi connectivity index (χ0n) is 20.8. The molecule has 3 aromatic heterocycles. The molecule has 0 unspecified atom stereocenters. The Morgan fingerprint density at radius 3 is 2.46 bits per heavy atom. The molecule has 4 rings (SSSR count). The Morgan fingerprint density at radius 1 is 1.05 bits per heavy atom. The lowest BCUT2D eigenvalue weighted by Gasteiger charge is -2.21. The van der Waals surface area contributed by atoms with Crippen LogP contribution in [0.5, 0.6) is 0 Å². The van der Waals surface area contributed by atoms with Gasteiger partial charge in [-0.25, -0.2) is 22.8 Å². The van der Waals surface area contributed by atoms with Crippen LogP contribution < -0.4 is 15.4 Å². The number of halogens is 2. The molecule has 0 spiro atoms. The fourth-order valence-corrected chi connectivity index (χ4v) is 4.12. The third-order valence-corrected chi connectivity index (χ3v) is 7.79. The molecule has 3 heterocycles. The van der Waals surface area contributed by atoms with E-state index in [2.05, 4.69) is 35.4 Å². The number of nitrogens with one attached hydrogen (secondary N) is 3. The molecule has 4 aromatic rings. The number of rotatable bonds is 7. The number of aromatic nitrogens is 5. The maximum absolute atomic E-state index is 14.7. The Balaban J connectivity index is 1.55. The standard InChI is InChI=1S/C24H26ClFN8O2S/c1-14-10-28-23(31-21-9-19(26)17(12-27-21)15-11-29-34(5)13-15)32-22(14)30-16-6-7-18(25)20(8-16)33-37(35,36)24(2,3)4/h6-13,33H,1-5H3,(H2,27,28,30,31,32). The molecule has 37 heavy (non-hydrogen) atoms. The van der Waals surface area contributed by atoms with Crippen molar-refractivity contribution < 1.29 is 12.8 Å². The number of pyridine rings is 1. The molecule has 1 aromatic carbocycles. The summed E-state index contributed by atoms with van der Waals surface area (Å²) < 4.78 is 43.0. The average molecular weight is 545 g/mol. The average Bonchev–Trinajstić information content (AvgIpc) is 3.23. The van der Waals surface area contributed by atoms with Gasteiger partial charge in [0.1, 0.15) is 17.5 Å². The van der Waals surface area contributed by atoms with Crippen molar-refractivity contribution in [2.45, 2.75) is 32.4 Å². The van der Waals surface area contributed by atoms with Crippen LogP contribution in [0.15, 0.2) is 49.1 Å². The van der Waals surface area contributed by atoms with Gasteiger partial charge in [-0.2, -0.15) is 10.1 Å². The van der Waals surface area contributed by atoms with Crippen molar-refractivity contribution in [3.05, 3.63) is 65.5 Å². The van der Waals surface area contributed by atoms with E-state index in [-0.39, 0.29) is 22.5 Å². The Bertz CT molecular complexity index is 1570. The van der Waals surface area contributed by atoms with Gasteiger partial charge in [0, 0.05) is 54.1 Å². The normalized spacial score (nSPS) is 11.9. The second-order valence-corrected chi connectivity index (χ2v) is 12.2.